The number of carbonyl (C=O) groups is 2. The van der Waals surface area contributed by atoms with Crippen molar-refractivity contribution in [3.63, 3.8) is 0 Å². The summed E-state index contributed by atoms with van der Waals surface area (Å²) in [7, 11) is 0. The van der Waals surface area contributed by atoms with Gasteiger partial charge >= 0.3 is 6.03 Å². The SMILES string of the molecule is NC(=O)[C@@H](c1ccccc1)N1CCN(C(=O)Nc2ccccc2F)CC1. The number of amides is 3. The lowest BCUT2D eigenvalue weighted by Gasteiger charge is -2.38. The molecule has 0 unspecified atom stereocenters. The molecule has 0 bridgehead atoms. The van der Waals surface area contributed by atoms with E-state index in [2.05, 4.69) is 5.32 Å². The molecule has 0 aromatic heterocycles. The van der Waals surface area contributed by atoms with Gasteiger partial charge in [-0.05, 0) is 17.7 Å². The molecule has 1 saturated heterocycles. The molecule has 1 atom stereocenters. The molecule has 1 aliphatic rings. The molecule has 136 valence electrons. The first kappa shape index (κ1) is 17.9. The molecule has 2 aromatic carbocycles. The lowest BCUT2D eigenvalue weighted by atomic mass is 10.0. The predicted octanol–water partition coefficient (Wildman–Crippen LogP) is 2.20. The van der Waals surface area contributed by atoms with Crippen LogP contribution in [0.5, 0.6) is 0 Å². The minimum Gasteiger partial charge on any atom is -0.368 e. The number of benzene rings is 2. The molecule has 0 radical (unpaired) electrons. The zero-order valence-corrected chi connectivity index (χ0v) is 14.3. The Morgan fingerprint density at radius 2 is 1.58 bits per heavy atom. The van der Waals surface area contributed by atoms with Gasteiger partial charge in [-0.1, -0.05) is 42.5 Å². The average molecular weight is 356 g/mol. The highest BCUT2D eigenvalue weighted by molar-refractivity contribution is 5.89. The predicted molar refractivity (Wildman–Crippen MR) is 96.9 cm³/mol. The van der Waals surface area contributed by atoms with Crippen molar-refractivity contribution in [2.75, 3.05) is 31.5 Å². The molecule has 6 nitrogen and oxygen atoms in total. The molecule has 3 N–H and O–H groups in total. The van der Waals surface area contributed by atoms with Crippen LogP contribution in [0.3, 0.4) is 0 Å². The third-order valence-electron chi connectivity index (χ3n) is 4.47. The van der Waals surface area contributed by atoms with Crippen molar-refractivity contribution >= 4 is 17.6 Å². The average Bonchev–Trinajstić information content (AvgIpc) is 2.65. The van der Waals surface area contributed by atoms with Crippen LogP contribution in [0, 0.1) is 5.82 Å². The second-order valence-electron chi connectivity index (χ2n) is 6.15. The van der Waals surface area contributed by atoms with Crippen molar-refractivity contribution in [2.24, 2.45) is 5.73 Å². The second kappa shape index (κ2) is 7.97. The number of piperazine rings is 1. The summed E-state index contributed by atoms with van der Waals surface area (Å²) in [6, 6.07) is 14.5. The van der Waals surface area contributed by atoms with Crippen molar-refractivity contribution in [1.82, 2.24) is 9.80 Å². The van der Waals surface area contributed by atoms with Gasteiger partial charge in [0, 0.05) is 26.2 Å². The van der Waals surface area contributed by atoms with Gasteiger partial charge in [0.05, 0.1) is 5.69 Å². The van der Waals surface area contributed by atoms with Crippen LogP contribution in [-0.2, 0) is 4.79 Å². The van der Waals surface area contributed by atoms with Gasteiger partial charge in [-0.3, -0.25) is 9.69 Å². The van der Waals surface area contributed by atoms with E-state index >= 15 is 0 Å². The van der Waals surface area contributed by atoms with E-state index in [4.69, 9.17) is 5.73 Å². The Hall–Kier alpha value is -2.93. The van der Waals surface area contributed by atoms with Crippen LogP contribution in [0.2, 0.25) is 0 Å². The third-order valence-corrected chi connectivity index (χ3v) is 4.47. The molecule has 1 aliphatic heterocycles. The maximum Gasteiger partial charge on any atom is 0.322 e. The fourth-order valence-electron chi connectivity index (χ4n) is 3.13. The zero-order chi connectivity index (χ0) is 18.5. The molecule has 3 rings (SSSR count). The lowest BCUT2D eigenvalue weighted by Crippen LogP contribution is -2.52. The number of carbonyl (C=O) groups excluding carboxylic acids is 2. The molecule has 0 spiro atoms. The van der Waals surface area contributed by atoms with Crippen LogP contribution >= 0.6 is 0 Å². The van der Waals surface area contributed by atoms with Crippen molar-refractivity contribution in [3.8, 4) is 0 Å². The summed E-state index contributed by atoms with van der Waals surface area (Å²) in [5.41, 5.74) is 6.59. The highest BCUT2D eigenvalue weighted by Gasteiger charge is 2.30. The minimum absolute atomic E-state index is 0.152. The maximum atomic E-state index is 13.7. The number of urea groups is 1. The number of anilines is 1. The Labute approximate surface area is 151 Å². The molecule has 1 heterocycles. The summed E-state index contributed by atoms with van der Waals surface area (Å²) in [6.45, 7) is 1.87. The number of hydrogen-bond donors (Lipinski definition) is 2. The van der Waals surface area contributed by atoms with Crippen molar-refractivity contribution in [3.05, 3.63) is 66.0 Å². The van der Waals surface area contributed by atoms with Gasteiger partial charge in [-0.2, -0.15) is 0 Å². The van der Waals surface area contributed by atoms with Gasteiger partial charge in [0.1, 0.15) is 11.9 Å². The Morgan fingerprint density at radius 1 is 0.962 bits per heavy atom. The molecule has 2 aromatic rings. The summed E-state index contributed by atoms with van der Waals surface area (Å²) >= 11 is 0. The second-order valence-corrected chi connectivity index (χ2v) is 6.15. The number of nitrogens with two attached hydrogens (primary N) is 1. The topological polar surface area (TPSA) is 78.7 Å². The van der Waals surface area contributed by atoms with E-state index in [0.29, 0.717) is 26.2 Å². The number of primary amides is 1. The van der Waals surface area contributed by atoms with Gasteiger partial charge < -0.3 is 16.0 Å². The van der Waals surface area contributed by atoms with E-state index in [1.165, 1.54) is 12.1 Å². The van der Waals surface area contributed by atoms with Crippen LogP contribution < -0.4 is 11.1 Å². The number of hydrogen-bond acceptors (Lipinski definition) is 3. The Balaban J connectivity index is 1.62. The van der Waals surface area contributed by atoms with Gasteiger partial charge in [0.15, 0.2) is 0 Å². The van der Waals surface area contributed by atoms with E-state index in [1.807, 2.05) is 35.2 Å². The lowest BCUT2D eigenvalue weighted by molar-refractivity contribution is -0.124. The quantitative estimate of drug-likeness (QED) is 0.882. The highest BCUT2D eigenvalue weighted by atomic mass is 19.1. The van der Waals surface area contributed by atoms with E-state index in [1.54, 1.807) is 17.0 Å². The monoisotopic (exact) mass is 356 g/mol. The zero-order valence-electron chi connectivity index (χ0n) is 14.3. The number of para-hydroxylation sites is 1. The van der Waals surface area contributed by atoms with Gasteiger partial charge in [0.25, 0.3) is 0 Å². The summed E-state index contributed by atoms with van der Waals surface area (Å²) in [5, 5.41) is 2.58. The van der Waals surface area contributed by atoms with Gasteiger partial charge in [-0.25, -0.2) is 9.18 Å². The van der Waals surface area contributed by atoms with Gasteiger partial charge in [-0.15, -0.1) is 0 Å². The molecule has 26 heavy (non-hydrogen) atoms. The standard InChI is InChI=1S/C19H21FN4O2/c20-15-8-4-5-9-16(15)22-19(26)24-12-10-23(11-13-24)17(18(21)25)14-6-2-1-3-7-14/h1-9,17H,10-13H2,(H2,21,25)(H,22,26)/t17-/m1/s1. The smallest absolute Gasteiger partial charge is 0.322 e. The summed E-state index contributed by atoms with van der Waals surface area (Å²) in [6.07, 6.45) is 0. The Bertz CT molecular complexity index is 776. The first-order valence-corrected chi connectivity index (χ1v) is 8.45. The van der Waals surface area contributed by atoms with E-state index in [0.717, 1.165) is 5.56 Å². The van der Waals surface area contributed by atoms with Crippen LogP contribution in [0.1, 0.15) is 11.6 Å². The maximum absolute atomic E-state index is 13.7. The fourth-order valence-corrected chi connectivity index (χ4v) is 3.13. The summed E-state index contributed by atoms with van der Waals surface area (Å²) in [4.78, 5) is 27.8. The first-order chi connectivity index (χ1) is 12.6. The fraction of sp³-hybridized carbons (Fsp3) is 0.263. The van der Waals surface area contributed by atoms with E-state index in [9.17, 15) is 14.0 Å². The van der Waals surface area contributed by atoms with Crippen molar-refractivity contribution in [2.45, 2.75) is 6.04 Å². The van der Waals surface area contributed by atoms with Crippen molar-refractivity contribution < 1.29 is 14.0 Å². The van der Waals surface area contributed by atoms with E-state index < -0.39 is 17.8 Å². The molecular weight excluding hydrogens is 335 g/mol. The Kier molecular flexibility index (Phi) is 5.48. The Morgan fingerprint density at radius 3 is 2.19 bits per heavy atom. The molecule has 0 saturated carbocycles. The van der Waals surface area contributed by atoms with Crippen LogP contribution in [-0.4, -0.2) is 47.9 Å². The number of halogens is 1. The number of rotatable bonds is 4. The third kappa shape index (κ3) is 4.00. The van der Waals surface area contributed by atoms with Crippen LogP contribution in [0.25, 0.3) is 0 Å². The first-order valence-electron chi connectivity index (χ1n) is 8.45. The molecule has 1 fully saturated rings. The molecule has 3 amide bonds. The van der Waals surface area contributed by atoms with Crippen LogP contribution in [0.15, 0.2) is 54.6 Å². The van der Waals surface area contributed by atoms with E-state index in [-0.39, 0.29) is 11.7 Å². The molecule has 7 heteroatoms. The number of nitrogens with one attached hydrogen (secondary N) is 1. The summed E-state index contributed by atoms with van der Waals surface area (Å²) in [5.74, 6) is -0.891. The normalized spacial score (nSPS) is 16.1. The summed E-state index contributed by atoms with van der Waals surface area (Å²) < 4.78 is 13.7. The largest absolute Gasteiger partial charge is 0.368 e. The minimum atomic E-state index is -0.520. The van der Waals surface area contributed by atoms with Crippen LogP contribution in [0.4, 0.5) is 14.9 Å². The molecular formula is C19H21FN4O2. The van der Waals surface area contributed by atoms with Crippen molar-refractivity contribution in [1.29, 1.82) is 0 Å². The van der Waals surface area contributed by atoms with Gasteiger partial charge in [0.2, 0.25) is 5.91 Å². The molecule has 0 aliphatic carbocycles. The highest BCUT2D eigenvalue weighted by Crippen LogP contribution is 2.22. The number of nitrogens with zero attached hydrogens (tertiary/aromatic N) is 2.